The van der Waals surface area contributed by atoms with Crippen LogP contribution in [0.25, 0.3) is 11.0 Å². The molecule has 2 N–H and O–H groups in total. The van der Waals surface area contributed by atoms with E-state index in [4.69, 9.17) is 10.5 Å². The molecule has 18 heavy (non-hydrogen) atoms. The molecular formula is C14H21N3O. The normalized spacial score (nSPS) is 11.3. The smallest absolute Gasteiger partial charge is 0.111 e. The minimum absolute atomic E-state index is 0.557. The Morgan fingerprint density at radius 3 is 2.89 bits per heavy atom. The molecule has 1 aromatic carbocycles. The van der Waals surface area contributed by atoms with E-state index in [1.165, 1.54) is 0 Å². The first kappa shape index (κ1) is 13.1. The summed E-state index contributed by atoms with van der Waals surface area (Å²) in [6, 6.07) is 6.20. The van der Waals surface area contributed by atoms with E-state index in [0.29, 0.717) is 6.54 Å². The molecular weight excluding hydrogens is 226 g/mol. The largest absolute Gasteiger partial charge is 0.381 e. The summed E-state index contributed by atoms with van der Waals surface area (Å²) in [7, 11) is 2.05. The van der Waals surface area contributed by atoms with Crippen molar-refractivity contribution in [1.29, 1.82) is 0 Å². The highest BCUT2D eigenvalue weighted by Crippen LogP contribution is 2.17. The zero-order valence-corrected chi connectivity index (χ0v) is 11.1. The van der Waals surface area contributed by atoms with E-state index >= 15 is 0 Å². The molecule has 1 aromatic heterocycles. The van der Waals surface area contributed by atoms with Gasteiger partial charge in [0.15, 0.2) is 0 Å². The number of aryl methyl sites for hydroxylation is 1. The summed E-state index contributed by atoms with van der Waals surface area (Å²) in [5.74, 6) is 1.07. The molecule has 4 heteroatoms. The fourth-order valence-electron chi connectivity index (χ4n) is 2.06. The molecule has 0 radical (unpaired) electrons. The number of hydrogen-bond acceptors (Lipinski definition) is 3. The summed E-state index contributed by atoms with van der Waals surface area (Å²) in [4.78, 5) is 4.65. The summed E-state index contributed by atoms with van der Waals surface area (Å²) in [5, 5.41) is 0. The molecule has 0 spiro atoms. The Bertz CT molecular complexity index is 519. The van der Waals surface area contributed by atoms with Crippen LogP contribution in [0.2, 0.25) is 0 Å². The Morgan fingerprint density at radius 2 is 2.17 bits per heavy atom. The lowest BCUT2D eigenvalue weighted by molar-refractivity contribution is 0.136. The van der Waals surface area contributed by atoms with Gasteiger partial charge in [-0.15, -0.1) is 0 Å². The molecule has 0 aliphatic rings. The maximum Gasteiger partial charge on any atom is 0.111 e. The van der Waals surface area contributed by atoms with Gasteiger partial charge in [0.05, 0.1) is 17.6 Å². The highest BCUT2D eigenvalue weighted by Gasteiger charge is 2.07. The van der Waals surface area contributed by atoms with Gasteiger partial charge in [0, 0.05) is 26.6 Å². The van der Waals surface area contributed by atoms with Crippen molar-refractivity contribution < 1.29 is 4.74 Å². The maximum atomic E-state index is 5.64. The van der Waals surface area contributed by atoms with Crippen LogP contribution >= 0.6 is 0 Å². The van der Waals surface area contributed by atoms with Crippen molar-refractivity contribution in [2.45, 2.75) is 26.3 Å². The maximum absolute atomic E-state index is 5.64. The summed E-state index contributed by atoms with van der Waals surface area (Å²) in [6.45, 7) is 4.22. The minimum Gasteiger partial charge on any atom is -0.381 e. The third-order valence-electron chi connectivity index (χ3n) is 3.09. The second kappa shape index (κ2) is 5.98. The van der Waals surface area contributed by atoms with Crippen molar-refractivity contribution in [1.82, 2.24) is 9.55 Å². The second-order valence-electron chi connectivity index (χ2n) is 4.48. The van der Waals surface area contributed by atoms with E-state index in [2.05, 4.69) is 34.7 Å². The van der Waals surface area contributed by atoms with Crippen LogP contribution in [0.4, 0.5) is 0 Å². The van der Waals surface area contributed by atoms with Crippen molar-refractivity contribution in [2.24, 2.45) is 12.8 Å². The Balaban J connectivity index is 2.16. The molecule has 0 aliphatic carbocycles. The van der Waals surface area contributed by atoms with E-state index in [0.717, 1.165) is 48.5 Å². The number of ether oxygens (including phenoxy) is 1. The van der Waals surface area contributed by atoms with Gasteiger partial charge in [-0.25, -0.2) is 4.98 Å². The number of nitrogens with zero attached hydrogens (tertiary/aromatic N) is 2. The van der Waals surface area contributed by atoms with Gasteiger partial charge >= 0.3 is 0 Å². The molecule has 0 aliphatic heterocycles. The Hall–Kier alpha value is -1.39. The monoisotopic (exact) mass is 247 g/mol. The average molecular weight is 247 g/mol. The highest BCUT2D eigenvalue weighted by atomic mass is 16.5. The lowest BCUT2D eigenvalue weighted by atomic mass is 10.2. The van der Waals surface area contributed by atoms with Crippen LogP contribution in [0.5, 0.6) is 0 Å². The average Bonchev–Trinajstić information content (AvgIpc) is 2.71. The number of imidazole rings is 1. The van der Waals surface area contributed by atoms with Gasteiger partial charge in [0.1, 0.15) is 5.82 Å². The predicted molar refractivity (Wildman–Crippen MR) is 73.4 cm³/mol. The highest BCUT2D eigenvalue weighted by molar-refractivity contribution is 5.76. The van der Waals surface area contributed by atoms with Gasteiger partial charge in [-0.1, -0.05) is 13.0 Å². The van der Waals surface area contributed by atoms with Crippen LogP contribution < -0.4 is 5.73 Å². The molecule has 0 bridgehead atoms. The Morgan fingerprint density at radius 1 is 1.33 bits per heavy atom. The number of aromatic nitrogens is 2. The van der Waals surface area contributed by atoms with E-state index in [1.807, 2.05) is 7.05 Å². The van der Waals surface area contributed by atoms with Crippen molar-refractivity contribution >= 4 is 11.0 Å². The third kappa shape index (κ3) is 2.71. The topological polar surface area (TPSA) is 53.1 Å². The third-order valence-corrected chi connectivity index (χ3v) is 3.09. The molecule has 0 saturated heterocycles. The van der Waals surface area contributed by atoms with Crippen LogP contribution in [-0.4, -0.2) is 22.8 Å². The Labute approximate surface area is 108 Å². The summed E-state index contributed by atoms with van der Waals surface area (Å²) >= 11 is 0. The van der Waals surface area contributed by atoms with Crippen molar-refractivity contribution in [2.75, 3.05) is 13.2 Å². The second-order valence-corrected chi connectivity index (χ2v) is 4.48. The molecule has 2 aromatic rings. The fraction of sp³-hybridized carbons (Fsp3) is 0.500. The number of nitrogens with two attached hydrogens (primary N) is 1. The molecule has 4 nitrogen and oxygen atoms in total. The summed E-state index contributed by atoms with van der Waals surface area (Å²) in [6.07, 6.45) is 1.91. The van der Waals surface area contributed by atoms with E-state index in [9.17, 15) is 0 Å². The first-order valence-corrected chi connectivity index (χ1v) is 6.48. The van der Waals surface area contributed by atoms with Crippen LogP contribution in [0.1, 0.15) is 24.7 Å². The van der Waals surface area contributed by atoms with Gasteiger partial charge in [-0.2, -0.15) is 0 Å². The molecule has 1 heterocycles. The van der Waals surface area contributed by atoms with Gasteiger partial charge in [0.2, 0.25) is 0 Å². The number of rotatable bonds is 6. The number of fused-ring (bicyclic) bond motifs is 1. The van der Waals surface area contributed by atoms with Crippen LogP contribution in [0.15, 0.2) is 18.2 Å². The molecule has 2 rings (SSSR count). The first-order chi connectivity index (χ1) is 8.76. The van der Waals surface area contributed by atoms with Crippen LogP contribution in [-0.2, 0) is 24.8 Å². The van der Waals surface area contributed by atoms with Gasteiger partial charge in [0.25, 0.3) is 0 Å². The van der Waals surface area contributed by atoms with Crippen molar-refractivity contribution in [3.8, 4) is 0 Å². The zero-order chi connectivity index (χ0) is 13.0. The summed E-state index contributed by atoms with van der Waals surface area (Å²) < 4.78 is 7.64. The lowest BCUT2D eigenvalue weighted by Gasteiger charge is -2.03. The quantitative estimate of drug-likeness (QED) is 0.794. The number of benzene rings is 1. The zero-order valence-electron chi connectivity index (χ0n) is 11.1. The molecule has 0 atom stereocenters. The fourth-order valence-corrected chi connectivity index (χ4v) is 2.06. The van der Waals surface area contributed by atoms with Crippen LogP contribution in [0, 0.1) is 0 Å². The standard InChI is InChI=1S/C14H21N3O/c1-3-7-18-8-6-14-16-12-9-11(10-15)4-5-13(12)17(14)2/h4-5,9H,3,6-8,10,15H2,1-2H3. The van der Waals surface area contributed by atoms with Crippen LogP contribution in [0.3, 0.4) is 0 Å². The van der Waals surface area contributed by atoms with E-state index in [1.54, 1.807) is 0 Å². The van der Waals surface area contributed by atoms with Gasteiger partial charge < -0.3 is 15.0 Å². The summed E-state index contributed by atoms with van der Waals surface area (Å²) in [5.41, 5.74) is 8.93. The first-order valence-electron chi connectivity index (χ1n) is 6.48. The minimum atomic E-state index is 0.557. The molecule has 0 fully saturated rings. The van der Waals surface area contributed by atoms with Gasteiger partial charge in [-0.3, -0.25) is 0 Å². The number of hydrogen-bond donors (Lipinski definition) is 1. The lowest BCUT2D eigenvalue weighted by Crippen LogP contribution is -2.04. The molecule has 98 valence electrons. The van der Waals surface area contributed by atoms with Crippen molar-refractivity contribution in [3.63, 3.8) is 0 Å². The predicted octanol–water partition coefficient (Wildman–Crippen LogP) is 2.00. The van der Waals surface area contributed by atoms with E-state index in [-0.39, 0.29) is 0 Å². The van der Waals surface area contributed by atoms with E-state index < -0.39 is 0 Å². The molecule has 0 unspecified atom stereocenters. The Kier molecular flexibility index (Phi) is 4.33. The SMILES string of the molecule is CCCOCCc1nc2cc(CN)ccc2n1C. The molecule has 0 amide bonds. The molecule has 0 saturated carbocycles. The van der Waals surface area contributed by atoms with Crippen molar-refractivity contribution in [3.05, 3.63) is 29.6 Å². The van der Waals surface area contributed by atoms with Gasteiger partial charge in [-0.05, 0) is 24.1 Å².